The van der Waals surface area contributed by atoms with Crippen LogP contribution in [-0.4, -0.2) is 23.9 Å². The van der Waals surface area contributed by atoms with E-state index in [1.165, 1.54) is 28.9 Å². The number of piperidine rings is 1. The van der Waals surface area contributed by atoms with Crippen LogP contribution in [0.3, 0.4) is 0 Å². The molecule has 1 heterocycles. The SMILES string of the molecule is C=CC(=O)N1CCC2(CC=C(I)CC2)CC1. The monoisotopic (exact) mass is 331 g/mol. The van der Waals surface area contributed by atoms with Gasteiger partial charge in [0.25, 0.3) is 0 Å². The van der Waals surface area contributed by atoms with E-state index in [2.05, 4.69) is 35.2 Å². The standard InChI is InChI=1S/C13H18INO/c1-2-12(16)15-9-7-13(8-10-15)5-3-11(14)4-6-13/h2-3H,1,4-10H2. The number of likely N-dealkylation sites (tertiary alicyclic amines) is 1. The van der Waals surface area contributed by atoms with Crippen molar-refractivity contribution in [1.82, 2.24) is 4.90 Å². The first-order chi connectivity index (χ1) is 7.65. The van der Waals surface area contributed by atoms with E-state index in [-0.39, 0.29) is 5.91 Å². The van der Waals surface area contributed by atoms with Gasteiger partial charge in [0.15, 0.2) is 0 Å². The molecule has 1 saturated heterocycles. The number of hydrogen-bond acceptors (Lipinski definition) is 1. The molecule has 2 aliphatic rings. The molecule has 0 aromatic carbocycles. The minimum Gasteiger partial charge on any atom is -0.339 e. The van der Waals surface area contributed by atoms with Crippen molar-refractivity contribution in [2.45, 2.75) is 32.1 Å². The lowest BCUT2D eigenvalue weighted by Gasteiger charge is -2.43. The molecule has 0 unspecified atom stereocenters. The van der Waals surface area contributed by atoms with Gasteiger partial charge in [0.2, 0.25) is 5.91 Å². The zero-order chi connectivity index (χ0) is 11.6. The molecule has 88 valence electrons. The fourth-order valence-electron chi connectivity index (χ4n) is 2.70. The number of carbonyl (C=O) groups excluding carboxylic acids is 1. The summed E-state index contributed by atoms with van der Waals surface area (Å²) in [6.45, 7) is 5.37. The van der Waals surface area contributed by atoms with Gasteiger partial charge in [-0.15, -0.1) is 0 Å². The lowest BCUT2D eigenvalue weighted by atomic mass is 9.70. The Hall–Kier alpha value is -0.320. The topological polar surface area (TPSA) is 20.3 Å². The van der Waals surface area contributed by atoms with Crippen molar-refractivity contribution in [2.24, 2.45) is 5.41 Å². The summed E-state index contributed by atoms with van der Waals surface area (Å²) in [7, 11) is 0. The van der Waals surface area contributed by atoms with E-state index in [1.54, 1.807) is 0 Å². The maximum Gasteiger partial charge on any atom is 0.245 e. The normalized spacial score (nSPS) is 24.1. The zero-order valence-corrected chi connectivity index (χ0v) is 11.7. The molecule has 0 bridgehead atoms. The van der Waals surface area contributed by atoms with Crippen LogP contribution < -0.4 is 0 Å². The first kappa shape index (κ1) is 12.1. The fraction of sp³-hybridized carbons (Fsp3) is 0.615. The lowest BCUT2D eigenvalue weighted by molar-refractivity contribution is -0.128. The molecule has 2 rings (SSSR count). The number of hydrogen-bond donors (Lipinski definition) is 0. The highest BCUT2D eigenvalue weighted by atomic mass is 127. The molecule has 2 nitrogen and oxygen atoms in total. The second-order valence-electron chi connectivity index (χ2n) is 4.88. The van der Waals surface area contributed by atoms with Gasteiger partial charge in [-0.25, -0.2) is 0 Å². The van der Waals surface area contributed by atoms with Crippen LogP contribution in [0.15, 0.2) is 22.3 Å². The third-order valence-electron chi connectivity index (χ3n) is 3.96. The largest absolute Gasteiger partial charge is 0.339 e. The summed E-state index contributed by atoms with van der Waals surface area (Å²) in [4.78, 5) is 13.4. The van der Waals surface area contributed by atoms with Crippen LogP contribution in [0.4, 0.5) is 0 Å². The number of allylic oxidation sites excluding steroid dienone is 2. The molecule has 0 saturated carbocycles. The molecule has 1 aliphatic carbocycles. The van der Waals surface area contributed by atoms with E-state index >= 15 is 0 Å². The van der Waals surface area contributed by atoms with Gasteiger partial charge >= 0.3 is 0 Å². The van der Waals surface area contributed by atoms with Gasteiger partial charge in [-0.2, -0.15) is 0 Å². The van der Waals surface area contributed by atoms with E-state index in [0.717, 1.165) is 25.9 Å². The average Bonchev–Trinajstić information content (AvgIpc) is 2.33. The fourth-order valence-corrected chi connectivity index (χ4v) is 3.19. The van der Waals surface area contributed by atoms with Gasteiger partial charge in [0.1, 0.15) is 0 Å². The molecule has 0 aromatic heterocycles. The van der Waals surface area contributed by atoms with Gasteiger partial charge < -0.3 is 4.90 Å². The number of amides is 1. The van der Waals surface area contributed by atoms with Crippen molar-refractivity contribution in [3.05, 3.63) is 22.3 Å². The molecule has 3 heteroatoms. The summed E-state index contributed by atoms with van der Waals surface area (Å²) >= 11 is 2.44. The maximum atomic E-state index is 11.5. The Kier molecular flexibility index (Phi) is 3.72. The van der Waals surface area contributed by atoms with Crippen molar-refractivity contribution < 1.29 is 4.79 Å². The van der Waals surface area contributed by atoms with Crippen LogP contribution in [0.1, 0.15) is 32.1 Å². The van der Waals surface area contributed by atoms with E-state index in [1.807, 2.05) is 4.90 Å². The highest BCUT2D eigenvalue weighted by molar-refractivity contribution is 14.1. The number of nitrogens with zero attached hydrogens (tertiary/aromatic N) is 1. The van der Waals surface area contributed by atoms with E-state index in [0.29, 0.717) is 5.41 Å². The predicted octanol–water partition coefficient (Wildman–Crippen LogP) is 3.28. The molecular formula is C13H18INO. The van der Waals surface area contributed by atoms with Gasteiger partial charge in [-0.05, 0) is 69.8 Å². The molecule has 1 aliphatic heterocycles. The Morgan fingerprint density at radius 2 is 2.12 bits per heavy atom. The van der Waals surface area contributed by atoms with E-state index in [9.17, 15) is 4.79 Å². The number of halogens is 1. The van der Waals surface area contributed by atoms with Gasteiger partial charge in [-0.3, -0.25) is 4.79 Å². The highest BCUT2D eigenvalue weighted by Crippen LogP contribution is 2.44. The lowest BCUT2D eigenvalue weighted by Crippen LogP contribution is -2.42. The molecular weight excluding hydrogens is 313 g/mol. The van der Waals surface area contributed by atoms with E-state index in [4.69, 9.17) is 0 Å². The Balaban J connectivity index is 1.94. The second kappa shape index (κ2) is 4.90. The van der Waals surface area contributed by atoms with Gasteiger partial charge in [0, 0.05) is 13.1 Å². The summed E-state index contributed by atoms with van der Waals surface area (Å²) < 4.78 is 1.51. The Bertz CT molecular complexity index is 327. The third kappa shape index (κ3) is 2.50. The molecule has 1 amide bonds. The van der Waals surface area contributed by atoms with Crippen LogP contribution in [-0.2, 0) is 4.79 Å². The Morgan fingerprint density at radius 1 is 1.44 bits per heavy atom. The van der Waals surface area contributed by atoms with Crippen molar-refractivity contribution in [3.63, 3.8) is 0 Å². The summed E-state index contributed by atoms with van der Waals surface area (Å²) in [5, 5.41) is 0. The molecule has 1 fully saturated rings. The molecule has 0 radical (unpaired) electrons. The Labute approximate surface area is 111 Å². The average molecular weight is 331 g/mol. The minimum atomic E-state index is 0.0933. The summed E-state index contributed by atoms with van der Waals surface area (Å²) in [5.74, 6) is 0.0933. The van der Waals surface area contributed by atoms with Crippen molar-refractivity contribution in [2.75, 3.05) is 13.1 Å². The van der Waals surface area contributed by atoms with Crippen LogP contribution in [0.2, 0.25) is 0 Å². The number of rotatable bonds is 1. The van der Waals surface area contributed by atoms with Crippen LogP contribution in [0, 0.1) is 5.41 Å². The maximum absolute atomic E-state index is 11.5. The van der Waals surface area contributed by atoms with Gasteiger partial charge in [0.05, 0.1) is 0 Å². The van der Waals surface area contributed by atoms with Crippen molar-refractivity contribution >= 4 is 28.5 Å². The predicted molar refractivity (Wildman–Crippen MR) is 74.4 cm³/mol. The first-order valence-electron chi connectivity index (χ1n) is 5.91. The van der Waals surface area contributed by atoms with Crippen molar-refractivity contribution in [1.29, 1.82) is 0 Å². The highest BCUT2D eigenvalue weighted by Gasteiger charge is 2.35. The molecule has 16 heavy (non-hydrogen) atoms. The summed E-state index contributed by atoms with van der Waals surface area (Å²) in [6, 6.07) is 0. The third-order valence-corrected chi connectivity index (χ3v) is 4.94. The van der Waals surface area contributed by atoms with Crippen molar-refractivity contribution in [3.8, 4) is 0 Å². The summed E-state index contributed by atoms with van der Waals surface area (Å²) in [6.07, 6.45) is 9.88. The molecule has 0 N–H and O–H groups in total. The van der Waals surface area contributed by atoms with E-state index < -0.39 is 0 Å². The smallest absolute Gasteiger partial charge is 0.245 e. The first-order valence-corrected chi connectivity index (χ1v) is 6.99. The zero-order valence-electron chi connectivity index (χ0n) is 9.54. The minimum absolute atomic E-state index is 0.0933. The summed E-state index contributed by atoms with van der Waals surface area (Å²) in [5.41, 5.74) is 0.493. The van der Waals surface area contributed by atoms with Crippen LogP contribution in [0.5, 0.6) is 0 Å². The molecule has 1 spiro atoms. The van der Waals surface area contributed by atoms with Crippen LogP contribution in [0.25, 0.3) is 0 Å². The second-order valence-corrected chi connectivity index (χ2v) is 6.27. The molecule has 0 aromatic rings. The van der Waals surface area contributed by atoms with Crippen LogP contribution >= 0.6 is 22.6 Å². The molecule has 0 atom stereocenters. The number of carbonyl (C=O) groups is 1. The quantitative estimate of drug-likeness (QED) is 0.533. The Morgan fingerprint density at radius 3 is 2.62 bits per heavy atom. The van der Waals surface area contributed by atoms with Gasteiger partial charge in [-0.1, -0.05) is 12.7 Å².